The van der Waals surface area contributed by atoms with Gasteiger partial charge in [-0.15, -0.1) is 11.3 Å². The second kappa shape index (κ2) is 8.83. The molecule has 7 heteroatoms. The molecule has 0 atom stereocenters. The Hall–Kier alpha value is -3.29. The van der Waals surface area contributed by atoms with Crippen molar-refractivity contribution in [2.45, 2.75) is 11.3 Å². The third-order valence-electron chi connectivity index (χ3n) is 4.75. The molecule has 1 amide bonds. The number of aromatic nitrogens is 1. The van der Waals surface area contributed by atoms with Crippen molar-refractivity contribution in [1.29, 1.82) is 0 Å². The number of hydrogen-bond acceptors (Lipinski definition) is 5. The largest absolute Gasteiger partial charge is 0.298 e. The third-order valence-corrected chi connectivity index (χ3v) is 6.62. The number of carbonyl (C=O) groups excluding carboxylic acids is 1. The van der Waals surface area contributed by atoms with Crippen LogP contribution in [-0.4, -0.2) is 25.6 Å². The average Bonchev–Trinajstić information content (AvgIpc) is 3.23. The van der Waals surface area contributed by atoms with Gasteiger partial charge in [0.25, 0.3) is 5.91 Å². The van der Waals surface area contributed by atoms with E-state index in [0.29, 0.717) is 5.13 Å². The maximum Gasteiger partial charge on any atom is 0.257 e. The Kier molecular flexibility index (Phi) is 5.97. The number of benzene rings is 3. The van der Waals surface area contributed by atoms with Gasteiger partial charge < -0.3 is 0 Å². The van der Waals surface area contributed by atoms with Gasteiger partial charge in [0.2, 0.25) is 0 Å². The summed E-state index contributed by atoms with van der Waals surface area (Å²) in [5, 5.41) is 5.08. The summed E-state index contributed by atoms with van der Waals surface area (Å²) in [7, 11) is -3.38. The minimum Gasteiger partial charge on any atom is -0.298 e. The lowest BCUT2D eigenvalue weighted by Gasteiger charge is -2.04. The van der Waals surface area contributed by atoms with E-state index in [-0.39, 0.29) is 10.5 Å². The molecule has 0 aliphatic rings. The molecule has 1 heterocycles. The predicted molar refractivity (Wildman–Crippen MR) is 124 cm³/mol. The molecule has 0 saturated heterocycles. The first kappa shape index (κ1) is 21.0. The number of rotatable bonds is 6. The van der Waals surface area contributed by atoms with Crippen LogP contribution in [0.15, 0.2) is 89.1 Å². The number of hydrogen-bond donors (Lipinski definition) is 1. The lowest BCUT2D eigenvalue weighted by molar-refractivity contribution is 0.102. The van der Waals surface area contributed by atoms with E-state index >= 15 is 0 Å². The molecule has 156 valence electrons. The Morgan fingerprint density at radius 3 is 2.35 bits per heavy atom. The zero-order valence-corrected chi connectivity index (χ0v) is 18.4. The summed E-state index contributed by atoms with van der Waals surface area (Å²) >= 11 is 1.32. The van der Waals surface area contributed by atoms with Crippen LogP contribution in [0.3, 0.4) is 0 Å². The molecular weight excluding hydrogens is 428 g/mol. The van der Waals surface area contributed by atoms with Crippen molar-refractivity contribution in [3.63, 3.8) is 0 Å². The first-order valence-corrected chi connectivity index (χ1v) is 12.4. The summed E-state index contributed by atoms with van der Waals surface area (Å²) in [6.07, 6.45) is 1.98. The van der Waals surface area contributed by atoms with E-state index in [4.69, 9.17) is 0 Å². The van der Waals surface area contributed by atoms with Gasteiger partial charge in [0.1, 0.15) is 0 Å². The van der Waals surface area contributed by atoms with E-state index in [1.54, 1.807) is 12.1 Å². The van der Waals surface area contributed by atoms with Crippen LogP contribution in [-0.2, 0) is 16.3 Å². The van der Waals surface area contributed by atoms with Gasteiger partial charge in [-0.1, -0.05) is 60.7 Å². The van der Waals surface area contributed by atoms with Crippen molar-refractivity contribution in [2.24, 2.45) is 0 Å². The summed E-state index contributed by atoms with van der Waals surface area (Å²) < 4.78 is 23.4. The maximum absolute atomic E-state index is 12.5. The molecule has 0 bridgehead atoms. The lowest BCUT2D eigenvalue weighted by atomic mass is 10.0. The van der Waals surface area contributed by atoms with Crippen LogP contribution in [0, 0.1) is 0 Å². The van der Waals surface area contributed by atoms with E-state index < -0.39 is 15.7 Å². The molecule has 4 aromatic rings. The third kappa shape index (κ3) is 5.25. The van der Waals surface area contributed by atoms with Crippen molar-refractivity contribution >= 4 is 32.2 Å². The molecule has 1 aromatic heterocycles. The highest BCUT2D eigenvalue weighted by Gasteiger charge is 2.13. The molecule has 0 spiro atoms. The van der Waals surface area contributed by atoms with E-state index in [9.17, 15) is 13.2 Å². The lowest BCUT2D eigenvalue weighted by Crippen LogP contribution is -2.12. The first-order chi connectivity index (χ1) is 14.9. The molecule has 0 aliphatic heterocycles. The maximum atomic E-state index is 12.5. The molecule has 0 radical (unpaired) electrons. The van der Waals surface area contributed by atoms with Gasteiger partial charge in [-0.05, 0) is 35.7 Å². The number of anilines is 1. The van der Waals surface area contributed by atoms with Gasteiger partial charge >= 0.3 is 0 Å². The van der Waals surface area contributed by atoms with Crippen molar-refractivity contribution in [2.75, 3.05) is 11.6 Å². The topological polar surface area (TPSA) is 76.1 Å². The number of carbonyl (C=O) groups is 1. The number of sulfone groups is 1. The van der Waals surface area contributed by atoms with Crippen molar-refractivity contribution in [3.8, 4) is 11.3 Å². The molecule has 5 nitrogen and oxygen atoms in total. The molecule has 0 fully saturated rings. The second-order valence-corrected chi connectivity index (χ2v) is 10.0. The van der Waals surface area contributed by atoms with Crippen LogP contribution in [0.1, 0.15) is 21.5 Å². The Morgan fingerprint density at radius 1 is 0.935 bits per heavy atom. The Labute approximate surface area is 185 Å². The van der Waals surface area contributed by atoms with Crippen LogP contribution in [0.25, 0.3) is 11.3 Å². The van der Waals surface area contributed by atoms with Gasteiger partial charge in [-0.3, -0.25) is 10.1 Å². The summed E-state index contributed by atoms with van der Waals surface area (Å²) in [6.45, 7) is 0. The first-order valence-electron chi connectivity index (χ1n) is 9.59. The zero-order chi connectivity index (χ0) is 21.8. The Bertz CT molecular complexity index is 1310. The minimum atomic E-state index is -3.38. The fourth-order valence-electron chi connectivity index (χ4n) is 3.13. The van der Waals surface area contributed by atoms with E-state index in [1.807, 2.05) is 35.7 Å². The van der Waals surface area contributed by atoms with Gasteiger partial charge in [-0.25, -0.2) is 13.4 Å². The van der Waals surface area contributed by atoms with Crippen molar-refractivity contribution in [1.82, 2.24) is 4.98 Å². The highest BCUT2D eigenvalue weighted by molar-refractivity contribution is 7.90. The van der Waals surface area contributed by atoms with Crippen molar-refractivity contribution in [3.05, 3.63) is 101 Å². The van der Waals surface area contributed by atoms with Gasteiger partial charge in [0.05, 0.1) is 10.6 Å². The van der Waals surface area contributed by atoms with Crippen LogP contribution < -0.4 is 5.32 Å². The minimum absolute atomic E-state index is 0.107. The highest BCUT2D eigenvalue weighted by atomic mass is 32.2. The van der Waals surface area contributed by atoms with Gasteiger partial charge in [-0.2, -0.15) is 0 Å². The van der Waals surface area contributed by atoms with Crippen LogP contribution in [0.2, 0.25) is 0 Å². The van der Waals surface area contributed by atoms with Crippen LogP contribution >= 0.6 is 11.3 Å². The predicted octanol–water partition coefficient (Wildman–Crippen LogP) is 5.06. The van der Waals surface area contributed by atoms with Crippen LogP contribution in [0.5, 0.6) is 0 Å². The molecular formula is C24H20N2O3S2. The monoisotopic (exact) mass is 448 g/mol. The number of amides is 1. The molecule has 0 saturated carbocycles. The molecule has 1 N–H and O–H groups in total. The highest BCUT2D eigenvalue weighted by Crippen LogP contribution is 2.26. The number of nitrogens with one attached hydrogen (secondary N) is 1. The van der Waals surface area contributed by atoms with Gasteiger partial charge in [0.15, 0.2) is 15.0 Å². The molecule has 0 unspecified atom stereocenters. The molecule has 3 aromatic carbocycles. The zero-order valence-electron chi connectivity index (χ0n) is 16.8. The normalized spacial score (nSPS) is 11.3. The number of thiazole rings is 1. The van der Waals surface area contributed by atoms with E-state index in [0.717, 1.165) is 23.9 Å². The average molecular weight is 449 g/mol. The van der Waals surface area contributed by atoms with E-state index in [2.05, 4.69) is 34.6 Å². The summed E-state index contributed by atoms with van der Waals surface area (Å²) in [5.41, 5.74) is 4.48. The Morgan fingerprint density at radius 2 is 1.65 bits per heavy atom. The summed E-state index contributed by atoms with van der Waals surface area (Å²) in [5.74, 6) is -0.399. The standard InChI is InChI=1S/C24H20N2O3S2/c1-31(28,29)21-9-5-8-20(15-21)23(27)26-24-25-22(16-30-24)19-12-10-18(11-13-19)14-17-6-3-2-4-7-17/h2-13,15-16H,14H2,1H3,(H,25,26,27). The van der Waals surface area contributed by atoms with Gasteiger partial charge in [0, 0.05) is 22.8 Å². The SMILES string of the molecule is CS(=O)(=O)c1cccc(C(=O)Nc2nc(-c3ccc(Cc4ccccc4)cc3)cs2)c1. The van der Waals surface area contributed by atoms with E-state index in [1.165, 1.54) is 34.6 Å². The van der Waals surface area contributed by atoms with Crippen molar-refractivity contribution < 1.29 is 13.2 Å². The molecule has 4 rings (SSSR count). The fraction of sp³-hybridized carbons (Fsp3) is 0.0833. The summed E-state index contributed by atoms with van der Waals surface area (Å²) in [4.78, 5) is 17.1. The fourth-order valence-corrected chi connectivity index (χ4v) is 4.51. The number of nitrogens with zero attached hydrogens (tertiary/aromatic N) is 1. The van der Waals surface area contributed by atoms with Crippen LogP contribution in [0.4, 0.5) is 5.13 Å². The molecule has 31 heavy (non-hydrogen) atoms. The molecule has 0 aliphatic carbocycles. The second-order valence-electron chi connectivity index (χ2n) is 7.15. The summed E-state index contributed by atoms with van der Waals surface area (Å²) in [6, 6.07) is 24.4. The quantitative estimate of drug-likeness (QED) is 0.447. The smallest absolute Gasteiger partial charge is 0.257 e. The Balaban J connectivity index is 1.45.